The van der Waals surface area contributed by atoms with Crippen molar-refractivity contribution in [2.75, 3.05) is 27.0 Å². The van der Waals surface area contributed by atoms with Crippen molar-refractivity contribution in [1.82, 2.24) is 15.1 Å². The molecule has 1 unspecified atom stereocenters. The minimum atomic E-state index is -0.387. The minimum absolute atomic E-state index is 0.0638. The molecular formula is C29H28ClN3O4S. The summed E-state index contributed by atoms with van der Waals surface area (Å²) in [6.45, 7) is 2.29. The Bertz CT molecular complexity index is 1500. The predicted octanol–water partition coefficient (Wildman–Crippen LogP) is 6.27. The van der Waals surface area contributed by atoms with Crippen LogP contribution in [0.25, 0.3) is 11.3 Å². The first-order chi connectivity index (χ1) is 18.4. The highest BCUT2D eigenvalue weighted by Crippen LogP contribution is 2.45. The molecule has 7 nitrogen and oxygen atoms in total. The number of carbonyl (C=O) groups excluding carboxylic acids is 1. The number of ether oxygens (including phenoxy) is 2. The Hall–Kier alpha value is -3.62. The van der Waals surface area contributed by atoms with Crippen LogP contribution in [-0.4, -0.2) is 53.1 Å². The van der Waals surface area contributed by atoms with Crippen molar-refractivity contribution < 1.29 is 19.4 Å². The predicted molar refractivity (Wildman–Crippen MR) is 150 cm³/mol. The lowest BCUT2D eigenvalue weighted by atomic mass is 9.95. The van der Waals surface area contributed by atoms with Gasteiger partial charge in [-0.25, -0.2) is 0 Å². The first-order valence-electron chi connectivity index (χ1n) is 12.1. The van der Waals surface area contributed by atoms with Crippen LogP contribution < -0.4 is 9.47 Å². The largest absolute Gasteiger partial charge is 0.507 e. The number of H-pyrrole nitrogens is 1. The van der Waals surface area contributed by atoms with Crippen molar-refractivity contribution >= 4 is 29.3 Å². The second-order valence-electron chi connectivity index (χ2n) is 9.09. The third kappa shape index (κ3) is 4.59. The van der Waals surface area contributed by atoms with E-state index in [1.54, 1.807) is 38.1 Å². The van der Waals surface area contributed by atoms with Crippen LogP contribution in [0, 0.1) is 6.92 Å². The highest BCUT2D eigenvalue weighted by atomic mass is 35.5. The van der Waals surface area contributed by atoms with Gasteiger partial charge in [0, 0.05) is 27.6 Å². The SMILES string of the molecule is COc1ccc(CCN2C(=O)c3[nH]nc(-c4cc(Cl)c(C)cc4O)c3C2c2ccc(SC)cc2)cc1OC. The molecule has 0 saturated heterocycles. The third-order valence-corrected chi connectivity index (χ3v) is 8.07. The molecule has 2 heterocycles. The number of halogens is 1. The molecule has 9 heteroatoms. The highest BCUT2D eigenvalue weighted by molar-refractivity contribution is 7.98. The van der Waals surface area contributed by atoms with E-state index in [-0.39, 0.29) is 17.7 Å². The molecule has 2 N–H and O–H groups in total. The number of fused-ring (bicyclic) bond motifs is 1. The Morgan fingerprint density at radius 3 is 2.50 bits per heavy atom. The zero-order valence-corrected chi connectivity index (χ0v) is 23.1. The standard InChI is InChI=1S/C29H28ClN3O4S/c1-16-13-22(34)20(15-21(16)30)26-25-27(32-31-26)29(35)33(28(25)18-6-8-19(38-4)9-7-18)12-11-17-5-10-23(36-2)24(14-17)37-3/h5-10,13-15,28,34H,11-12H2,1-4H3,(H,31,32). The van der Waals surface area contributed by atoms with E-state index in [0.717, 1.165) is 27.1 Å². The topological polar surface area (TPSA) is 87.7 Å². The first-order valence-corrected chi connectivity index (χ1v) is 13.7. The molecule has 196 valence electrons. The summed E-state index contributed by atoms with van der Waals surface area (Å²) in [7, 11) is 3.21. The Kier molecular flexibility index (Phi) is 7.27. The number of phenolic OH excluding ortho intramolecular Hbond substituents is 1. The van der Waals surface area contributed by atoms with Crippen molar-refractivity contribution in [2.24, 2.45) is 0 Å². The number of benzene rings is 3. The van der Waals surface area contributed by atoms with E-state index < -0.39 is 0 Å². The van der Waals surface area contributed by atoms with Crippen LogP contribution in [-0.2, 0) is 6.42 Å². The summed E-state index contributed by atoms with van der Waals surface area (Å²) in [6, 6.07) is 16.9. The van der Waals surface area contributed by atoms with Crippen molar-refractivity contribution in [2.45, 2.75) is 24.3 Å². The Morgan fingerprint density at radius 2 is 1.82 bits per heavy atom. The fourth-order valence-electron chi connectivity index (χ4n) is 4.91. The number of rotatable bonds is 8. The molecule has 0 fully saturated rings. The summed E-state index contributed by atoms with van der Waals surface area (Å²) in [5.41, 5.74) is 4.89. The summed E-state index contributed by atoms with van der Waals surface area (Å²) < 4.78 is 10.8. The van der Waals surface area contributed by atoms with Gasteiger partial charge in [-0.2, -0.15) is 5.10 Å². The molecule has 0 radical (unpaired) electrons. The van der Waals surface area contributed by atoms with E-state index in [0.29, 0.717) is 46.4 Å². The molecule has 1 aromatic heterocycles. The van der Waals surface area contributed by atoms with Gasteiger partial charge in [0.2, 0.25) is 0 Å². The fourth-order valence-corrected chi connectivity index (χ4v) is 5.48. The molecule has 0 bridgehead atoms. The number of aromatic amines is 1. The monoisotopic (exact) mass is 549 g/mol. The quantitative estimate of drug-likeness (QED) is 0.252. The number of amides is 1. The number of nitrogens with zero attached hydrogens (tertiary/aromatic N) is 2. The van der Waals surface area contributed by atoms with Crippen LogP contribution in [0.1, 0.15) is 38.8 Å². The van der Waals surface area contributed by atoms with Crippen LogP contribution in [0.2, 0.25) is 5.02 Å². The van der Waals surface area contributed by atoms with Crippen LogP contribution in [0.4, 0.5) is 0 Å². The molecule has 4 aromatic rings. The Balaban J connectivity index is 1.56. The Morgan fingerprint density at radius 1 is 1.08 bits per heavy atom. The number of phenols is 1. The average molecular weight is 550 g/mol. The van der Waals surface area contributed by atoms with Crippen LogP contribution in [0.3, 0.4) is 0 Å². The van der Waals surface area contributed by atoms with E-state index in [9.17, 15) is 9.90 Å². The van der Waals surface area contributed by atoms with Crippen molar-refractivity contribution in [3.8, 4) is 28.5 Å². The number of nitrogens with one attached hydrogen (secondary N) is 1. The molecule has 0 spiro atoms. The van der Waals surface area contributed by atoms with Gasteiger partial charge in [-0.05, 0) is 72.7 Å². The van der Waals surface area contributed by atoms with Gasteiger partial charge < -0.3 is 19.5 Å². The normalized spacial score (nSPS) is 14.6. The van der Waals surface area contributed by atoms with Gasteiger partial charge >= 0.3 is 0 Å². The molecule has 1 amide bonds. The van der Waals surface area contributed by atoms with Crippen molar-refractivity contribution in [3.05, 3.63) is 87.6 Å². The van der Waals surface area contributed by atoms with E-state index in [4.69, 9.17) is 21.1 Å². The number of aryl methyl sites for hydroxylation is 1. The molecule has 1 aliphatic heterocycles. The molecule has 1 atom stereocenters. The van der Waals surface area contributed by atoms with Gasteiger partial charge in [-0.15, -0.1) is 11.8 Å². The minimum Gasteiger partial charge on any atom is -0.507 e. The highest BCUT2D eigenvalue weighted by Gasteiger charge is 2.42. The number of aromatic nitrogens is 2. The van der Waals surface area contributed by atoms with Gasteiger partial charge in [0.1, 0.15) is 17.1 Å². The number of methoxy groups -OCH3 is 2. The second kappa shape index (κ2) is 10.6. The van der Waals surface area contributed by atoms with Crippen molar-refractivity contribution in [1.29, 1.82) is 0 Å². The molecule has 5 rings (SSSR count). The van der Waals surface area contributed by atoms with Gasteiger partial charge in [0.15, 0.2) is 11.5 Å². The summed E-state index contributed by atoms with van der Waals surface area (Å²) in [4.78, 5) is 16.7. The first kappa shape index (κ1) is 26.0. The lowest BCUT2D eigenvalue weighted by Gasteiger charge is -2.27. The van der Waals surface area contributed by atoms with E-state index in [1.807, 2.05) is 48.4 Å². The summed E-state index contributed by atoms with van der Waals surface area (Å²) in [5, 5.41) is 18.7. The lowest BCUT2D eigenvalue weighted by Crippen LogP contribution is -2.31. The molecule has 0 aliphatic carbocycles. The summed E-state index contributed by atoms with van der Waals surface area (Å²) >= 11 is 8.07. The molecular weight excluding hydrogens is 522 g/mol. The van der Waals surface area contributed by atoms with Gasteiger partial charge in [-0.3, -0.25) is 9.89 Å². The summed E-state index contributed by atoms with van der Waals surface area (Å²) in [5.74, 6) is 1.22. The second-order valence-corrected chi connectivity index (χ2v) is 10.4. The molecule has 1 aliphatic rings. The fraction of sp³-hybridized carbons (Fsp3) is 0.241. The average Bonchev–Trinajstić information content (AvgIpc) is 3.47. The number of aromatic hydroxyl groups is 1. The molecule has 0 saturated carbocycles. The maximum Gasteiger partial charge on any atom is 0.273 e. The number of hydrogen-bond donors (Lipinski definition) is 2. The molecule has 3 aromatic carbocycles. The Labute approximate surface area is 230 Å². The van der Waals surface area contributed by atoms with E-state index in [2.05, 4.69) is 22.3 Å². The van der Waals surface area contributed by atoms with Gasteiger partial charge in [0.05, 0.1) is 20.3 Å². The van der Waals surface area contributed by atoms with Crippen LogP contribution in [0.15, 0.2) is 59.5 Å². The zero-order valence-electron chi connectivity index (χ0n) is 21.5. The van der Waals surface area contributed by atoms with Gasteiger partial charge in [-0.1, -0.05) is 29.8 Å². The maximum atomic E-state index is 13.7. The van der Waals surface area contributed by atoms with E-state index in [1.165, 1.54) is 0 Å². The zero-order chi connectivity index (χ0) is 27.0. The third-order valence-electron chi connectivity index (χ3n) is 6.92. The van der Waals surface area contributed by atoms with E-state index >= 15 is 0 Å². The summed E-state index contributed by atoms with van der Waals surface area (Å²) in [6.07, 6.45) is 2.64. The number of hydrogen-bond acceptors (Lipinski definition) is 6. The number of carbonyl (C=O) groups is 1. The molecule has 38 heavy (non-hydrogen) atoms. The smallest absolute Gasteiger partial charge is 0.273 e. The van der Waals surface area contributed by atoms with Gasteiger partial charge in [0.25, 0.3) is 5.91 Å². The van der Waals surface area contributed by atoms with Crippen LogP contribution in [0.5, 0.6) is 17.2 Å². The lowest BCUT2D eigenvalue weighted by molar-refractivity contribution is 0.0746. The number of thioether (sulfide) groups is 1. The van der Waals surface area contributed by atoms with Crippen LogP contribution >= 0.6 is 23.4 Å². The maximum absolute atomic E-state index is 13.7. The van der Waals surface area contributed by atoms with Crippen molar-refractivity contribution in [3.63, 3.8) is 0 Å².